The maximum absolute atomic E-state index is 12.2. The molecule has 0 saturated heterocycles. The van der Waals surface area contributed by atoms with Crippen molar-refractivity contribution in [1.82, 2.24) is 14.8 Å². The molecular weight excluding hydrogens is 304 g/mol. The number of aryl methyl sites for hydroxylation is 1. The van der Waals surface area contributed by atoms with Gasteiger partial charge in [-0.2, -0.15) is 5.10 Å². The van der Waals surface area contributed by atoms with Crippen LogP contribution in [0, 0.1) is 19.8 Å². The SMILES string of the molecule is Cc1nn(CC(C)C)c(C)c1CCC(=O)Nc1cnccc1CO. The Hall–Kier alpha value is -2.21. The van der Waals surface area contributed by atoms with E-state index in [0.717, 1.165) is 23.5 Å². The van der Waals surface area contributed by atoms with E-state index in [0.29, 0.717) is 30.0 Å². The molecule has 2 aromatic heterocycles. The Labute approximate surface area is 142 Å². The van der Waals surface area contributed by atoms with Crippen LogP contribution in [0.4, 0.5) is 5.69 Å². The number of amides is 1. The molecule has 24 heavy (non-hydrogen) atoms. The number of aromatic nitrogens is 3. The summed E-state index contributed by atoms with van der Waals surface area (Å²) < 4.78 is 2.03. The lowest BCUT2D eigenvalue weighted by atomic mass is 10.1. The third kappa shape index (κ3) is 4.41. The van der Waals surface area contributed by atoms with Crippen LogP contribution >= 0.6 is 0 Å². The summed E-state index contributed by atoms with van der Waals surface area (Å²) in [5, 5.41) is 16.7. The standard InChI is InChI=1S/C18H26N4O2/c1-12(2)10-22-14(4)16(13(3)21-22)5-6-18(24)20-17-9-19-8-7-15(17)11-23/h7-9,12,23H,5-6,10-11H2,1-4H3,(H,20,24). The van der Waals surface area contributed by atoms with Gasteiger partial charge in [-0.1, -0.05) is 13.8 Å². The van der Waals surface area contributed by atoms with Crippen LogP contribution in [-0.2, 0) is 24.4 Å². The molecule has 2 heterocycles. The number of nitrogens with one attached hydrogen (secondary N) is 1. The summed E-state index contributed by atoms with van der Waals surface area (Å²) in [4.78, 5) is 16.2. The Morgan fingerprint density at radius 1 is 1.38 bits per heavy atom. The molecule has 0 unspecified atom stereocenters. The summed E-state index contributed by atoms with van der Waals surface area (Å²) >= 11 is 0. The summed E-state index contributed by atoms with van der Waals surface area (Å²) in [6, 6.07) is 1.69. The zero-order valence-corrected chi connectivity index (χ0v) is 14.8. The van der Waals surface area contributed by atoms with E-state index >= 15 is 0 Å². The van der Waals surface area contributed by atoms with E-state index in [1.165, 1.54) is 0 Å². The second kappa shape index (κ2) is 8.06. The minimum absolute atomic E-state index is 0.0897. The number of anilines is 1. The molecule has 0 aliphatic rings. The fourth-order valence-electron chi connectivity index (χ4n) is 2.74. The van der Waals surface area contributed by atoms with Crippen LogP contribution in [0.1, 0.15) is 42.8 Å². The van der Waals surface area contributed by atoms with Crippen LogP contribution < -0.4 is 5.32 Å². The zero-order chi connectivity index (χ0) is 17.7. The highest BCUT2D eigenvalue weighted by Gasteiger charge is 2.14. The number of nitrogens with zero attached hydrogens (tertiary/aromatic N) is 3. The van der Waals surface area contributed by atoms with E-state index in [1.54, 1.807) is 18.5 Å². The van der Waals surface area contributed by atoms with Gasteiger partial charge >= 0.3 is 0 Å². The quantitative estimate of drug-likeness (QED) is 0.818. The lowest BCUT2D eigenvalue weighted by Gasteiger charge is -2.09. The molecule has 0 bridgehead atoms. The van der Waals surface area contributed by atoms with Gasteiger partial charge in [-0.3, -0.25) is 14.5 Å². The molecule has 6 heteroatoms. The Balaban J connectivity index is 2.00. The minimum Gasteiger partial charge on any atom is -0.392 e. The van der Waals surface area contributed by atoms with Crippen molar-refractivity contribution in [3.8, 4) is 0 Å². The lowest BCUT2D eigenvalue weighted by Crippen LogP contribution is -2.14. The van der Waals surface area contributed by atoms with E-state index in [1.807, 2.05) is 11.6 Å². The van der Waals surface area contributed by atoms with Gasteiger partial charge in [0.05, 0.1) is 24.2 Å². The van der Waals surface area contributed by atoms with Gasteiger partial charge in [-0.25, -0.2) is 0 Å². The van der Waals surface area contributed by atoms with Crippen molar-refractivity contribution in [2.24, 2.45) is 5.92 Å². The Morgan fingerprint density at radius 3 is 2.79 bits per heavy atom. The molecule has 0 spiro atoms. The fraction of sp³-hybridized carbons (Fsp3) is 0.500. The predicted octanol–water partition coefficient (Wildman–Crippen LogP) is 2.61. The number of hydrogen-bond acceptors (Lipinski definition) is 4. The first-order chi connectivity index (χ1) is 11.4. The lowest BCUT2D eigenvalue weighted by molar-refractivity contribution is -0.116. The minimum atomic E-state index is -0.127. The molecule has 2 rings (SSSR count). The van der Waals surface area contributed by atoms with Crippen LogP contribution in [0.3, 0.4) is 0 Å². The van der Waals surface area contributed by atoms with Gasteiger partial charge in [0.25, 0.3) is 0 Å². The Morgan fingerprint density at radius 2 is 2.12 bits per heavy atom. The molecule has 0 fully saturated rings. The van der Waals surface area contributed by atoms with Gasteiger partial charge < -0.3 is 10.4 Å². The molecule has 6 nitrogen and oxygen atoms in total. The smallest absolute Gasteiger partial charge is 0.224 e. The first-order valence-electron chi connectivity index (χ1n) is 8.28. The average molecular weight is 330 g/mol. The highest BCUT2D eigenvalue weighted by atomic mass is 16.3. The molecule has 0 aliphatic carbocycles. The van der Waals surface area contributed by atoms with Crippen LogP contribution in [0.2, 0.25) is 0 Å². The van der Waals surface area contributed by atoms with Crippen LogP contribution in [0.15, 0.2) is 18.5 Å². The number of carbonyl (C=O) groups excluding carboxylic acids is 1. The van der Waals surface area contributed by atoms with Crippen molar-refractivity contribution in [2.75, 3.05) is 5.32 Å². The van der Waals surface area contributed by atoms with E-state index in [2.05, 4.69) is 36.2 Å². The van der Waals surface area contributed by atoms with Crippen molar-refractivity contribution in [1.29, 1.82) is 0 Å². The maximum Gasteiger partial charge on any atom is 0.224 e. The molecular formula is C18H26N4O2. The number of pyridine rings is 1. The molecule has 0 atom stereocenters. The third-order valence-electron chi connectivity index (χ3n) is 4.03. The second-order valence-corrected chi connectivity index (χ2v) is 6.46. The van der Waals surface area contributed by atoms with Gasteiger partial charge in [-0.05, 0) is 37.8 Å². The number of carbonyl (C=O) groups is 1. The van der Waals surface area contributed by atoms with Crippen molar-refractivity contribution in [3.05, 3.63) is 41.0 Å². The van der Waals surface area contributed by atoms with E-state index in [-0.39, 0.29) is 12.5 Å². The van der Waals surface area contributed by atoms with Gasteiger partial charge in [0.2, 0.25) is 5.91 Å². The average Bonchev–Trinajstić information content (AvgIpc) is 2.79. The number of hydrogen-bond donors (Lipinski definition) is 2. The molecule has 0 aliphatic heterocycles. The van der Waals surface area contributed by atoms with Gasteiger partial charge in [0.15, 0.2) is 0 Å². The summed E-state index contributed by atoms with van der Waals surface area (Å²) in [6.45, 7) is 9.13. The molecule has 1 amide bonds. The first kappa shape index (κ1) is 18.1. The van der Waals surface area contributed by atoms with Crippen molar-refractivity contribution in [2.45, 2.75) is 53.7 Å². The summed E-state index contributed by atoms with van der Waals surface area (Å²) in [5.41, 5.74) is 4.48. The molecule has 2 aromatic rings. The highest BCUT2D eigenvalue weighted by Crippen LogP contribution is 2.18. The van der Waals surface area contributed by atoms with Crippen molar-refractivity contribution >= 4 is 11.6 Å². The number of aliphatic hydroxyl groups excluding tert-OH is 1. The molecule has 0 aromatic carbocycles. The second-order valence-electron chi connectivity index (χ2n) is 6.46. The van der Waals surface area contributed by atoms with E-state index in [4.69, 9.17) is 0 Å². The highest BCUT2D eigenvalue weighted by molar-refractivity contribution is 5.91. The molecule has 0 saturated carbocycles. The van der Waals surface area contributed by atoms with Gasteiger partial charge in [-0.15, -0.1) is 0 Å². The maximum atomic E-state index is 12.2. The van der Waals surface area contributed by atoms with Crippen molar-refractivity contribution < 1.29 is 9.90 Å². The normalized spacial score (nSPS) is 11.1. The Kier molecular flexibility index (Phi) is 6.09. The van der Waals surface area contributed by atoms with E-state index < -0.39 is 0 Å². The summed E-state index contributed by atoms with van der Waals surface area (Å²) in [6.07, 6.45) is 4.17. The molecule has 0 radical (unpaired) electrons. The molecule has 2 N–H and O–H groups in total. The topological polar surface area (TPSA) is 80.0 Å². The van der Waals surface area contributed by atoms with Crippen LogP contribution in [-0.4, -0.2) is 25.8 Å². The largest absolute Gasteiger partial charge is 0.392 e. The van der Waals surface area contributed by atoms with Crippen LogP contribution in [0.25, 0.3) is 0 Å². The predicted molar refractivity (Wildman–Crippen MR) is 93.6 cm³/mol. The van der Waals surface area contributed by atoms with Crippen molar-refractivity contribution in [3.63, 3.8) is 0 Å². The third-order valence-corrected chi connectivity index (χ3v) is 4.03. The summed E-state index contributed by atoms with van der Waals surface area (Å²) in [5.74, 6) is 0.440. The monoisotopic (exact) mass is 330 g/mol. The van der Waals surface area contributed by atoms with E-state index in [9.17, 15) is 9.90 Å². The fourth-order valence-corrected chi connectivity index (χ4v) is 2.74. The van der Waals surface area contributed by atoms with Gasteiger partial charge in [0.1, 0.15) is 0 Å². The number of aliphatic hydroxyl groups is 1. The Bertz CT molecular complexity index is 707. The van der Waals surface area contributed by atoms with Gasteiger partial charge in [0, 0.05) is 30.4 Å². The van der Waals surface area contributed by atoms with Crippen LogP contribution in [0.5, 0.6) is 0 Å². The number of rotatable bonds is 7. The summed E-state index contributed by atoms with van der Waals surface area (Å²) in [7, 11) is 0. The molecule has 130 valence electrons. The zero-order valence-electron chi connectivity index (χ0n) is 14.8. The first-order valence-corrected chi connectivity index (χ1v) is 8.28.